The maximum Gasteiger partial charge on any atom is 0.242 e. The fraction of sp³-hybridized carbons (Fsp3) is 0.417. The van der Waals surface area contributed by atoms with Crippen LogP contribution in [0.1, 0.15) is 27.7 Å². The Bertz CT molecular complexity index is 1000. The molecule has 0 aromatic rings. The highest BCUT2D eigenvalue weighted by Crippen LogP contribution is 2.29. The number of aliphatic imine (C=N–C) groups is 2. The van der Waals surface area contributed by atoms with Crippen LogP contribution in [0.2, 0.25) is 0 Å². The molecule has 2 aliphatic heterocycles. The van der Waals surface area contributed by atoms with Gasteiger partial charge in [0.25, 0.3) is 0 Å². The monoisotopic (exact) mass is 594 g/mol. The van der Waals surface area contributed by atoms with E-state index in [0.717, 1.165) is 11.1 Å². The second-order valence-electron chi connectivity index (χ2n) is 8.33. The molecule has 2 unspecified atom stereocenters. The topological polar surface area (TPSA) is 114 Å². The van der Waals surface area contributed by atoms with Crippen LogP contribution in [0.25, 0.3) is 0 Å². The van der Waals surface area contributed by atoms with Crippen LogP contribution >= 0.6 is 45.1 Å². The average molecular weight is 595 g/mol. The van der Waals surface area contributed by atoms with Gasteiger partial charge in [0.2, 0.25) is 11.8 Å². The van der Waals surface area contributed by atoms with Crippen molar-refractivity contribution >= 4 is 77.6 Å². The SMILES string of the molecule is C=CCN=C(NN=C1SC(C)C(=O)N1CC(=C)C)SSC(=NCC=C)NN=C1SC(C)C(=O)N1CC(=C)C. The molecule has 0 aliphatic carbocycles. The molecule has 14 heteroatoms. The minimum absolute atomic E-state index is 0.00871. The lowest BCUT2D eigenvalue weighted by atomic mass is 10.3. The average Bonchev–Trinajstić information content (AvgIpc) is 3.28. The van der Waals surface area contributed by atoms with Crippen molar-refractivity contribution in [2.75, 3.05) is 26.2 Å². The molecule has 0 saturated carbocycles. The first-order valence-corrected chi connectivity index (χ1v) is 15.6. The molecule has 2 heterocycles. The Morgan fingerprint density at radius 1 is 0.842 bits per heavy atom. The van der Waals surface area contributed by atoms with Crippen LogP contribution in [-0.2, 0) is 9.59 Å². The molecule has 0 radical (unpaired) electrons. The summed E-state index contributed by atoms with van der Waals surface area (Å²) in [5.74, 6) is -0.0174. The van der Waals surface area contributed by atoms with E-state index in [0.29, 0.717) is 46.8 Å². The van der Waals surface area contributed by atoms with E-state index in [1.807, 2.05) is 27.7 Å². The van der Waals surface area contributed by atoms with E-state index >= 15 is 0 Å². The summed E-state index contributed by atoms with van der Waals surface area (Å²) >= 11 is 2.76. The van der Waals surface area contributed by atoms with Gasteiger partial charge in [0.05, 0.1) is 23.6 Å². The van der Waals surface area contributed by atoms with Gasteiger partial charge in [0.1, 0.15) is 0 Å². The Morgan fingerprint density at radius 3 is 1.53 bits per heavy atom. The minimum Gasteiger partial charge on any atom is -0.285 e. The van der Waals surface area contributed by atoms with E-state index in [9.17, 15) is 9.59 Å². The lowest BCUT2D eigenvalue weighted by molar-refractivity contribution is -0.126. The van der Waals surface area contributed by atoms with Crippen LogP contribution in [0, 0.1) is 0 Å². The molecule has 206 valence electrons. The number of carbonyl (C=O) groups is 2. The number of nitrogens with zero attached hydrogens (tertiary/aromatic N) is 6. The van der Waals surface area contributed by atoms with Gasteiger partial charge >= 0.3 is 0 Å². The second kappa shape index (κ2) is 15.9. The number of hydrazone groups is 2. The lowest BCUT2D eigenvalue weighted by Crippen LogP contribution is -2.34. The summed E-state index contributed by atoms with van der Waals surface area (Å²) in [4.78, 5) is 37.2. The number of rotatable bonds is 10. The third-order valence-corrected chi connectivity index (χ3v) is 8.72. The molecule has 10 nitrogen and oxygen atoms in total. The smallest absolute Gasteiger partial charge is 0.242 e. The van der Waals surface area contributed by atoms with Crippen molar-refractivity contribution in [3.63, 3.8) is 0 Å². The molecular formula is C24H34N8O2S4. The zero-order valence-corrected chi connectivity index (χ0v) is 25.4. The molecular weight excluding hydrogens is 561 g/mol. The Kier molecular flexibility index (Phi) is 13.3. The molecule has 2 fully saturated rings. The number of hydrogen-bond acceptors (Lipinski definition) is 10. The number of thioether (sulfide) groups is 2. The van der Waals surface area contributed by atoms with E-state index < -0.39 is 0 Å². The highest BCUT2D eigenvalue weighted by atomic mass is 33.1. The summed E-state index contributed by atoms with van der Waals surface area (Å²) in [6, 6.07) is 0. The van der Waals surface area contributed by atoms with Gasteiger partial charge < -0.3 is 0 Å². The number of amides is 2. The van der Waals surface area contributed by atoms with Crippen molar-refractivity contribution in [3.05, 3.63) is 49.6 Å². The number of hydrogen-bond donors (Lipinski definition) is 2. The van der Waals surface area contributed by atoms with E-state index in [1.54, 1.807) is 22.0 Å². The molecule has 0 aromatic carbocycles. The van der Waals surface area contributed by atoms with E-state index in [2.05, 4.69) is 57.4 Å². The van der Waals surface area contributed by atoms with E-state index in [4.69, 9.17) is 0 Å². The van der Waals surface area contributed by atoms with Gasteiger partial charge in [0, 0.05) is 13.1 Å². The molecule has 38 heavy (non-hydrogen) atoms. The highest BCUT2D eigenvalue weighted by Gasteiger charge is 2.36. The van der Waals surface area contributed by atoms with Gasteiger partial charge in [-0.05, 0) is 49.3 Å². The third kappa shape index (κ3) is 9.71. The summed E-state index contributed by atoms with van der Waals surface area (Å²) in [6.45, 7) is 24.3. The molecule has 2 atom stereocenters. The Morgan fingerprint density at radius 2 is 1.21 bits per heavy atom. The first-order chi connectivity index (χ1) is 18.1. The van der Waals surface area contributed by atoms with Crippen LogP contribution in [0.4, 0.5) is 0 Å². The summed E-state index contributed by atoms with van der Waals surface area (Å²) in [7, 11) is 2.57. The van der Waals surface area contributed by atoms with Crippen molar-refractivity contribution in [3.8, 4) is 0 Å². The quantitative estimate of drug-likeness (QED) is 0.127. The zero-order chi connectivity index (χ0) is 28.2. The molecule has 2 amide bonds. The molecule has 2 N–H and O–H groups in total. The normalized spacial score (nSPS) is 22.4. The predicted molar refractivity (Wildman–Crippen MR) is 168 cm³/mol. The second-order valence-corrected chi connectivity index (χ2v) is 13.1. The molecule has 0 aromatic heterocycles. The number of amidine groups is 4. The van der Waals surface area contributed by atoms with E-state index in [-0.39, 0.29) is 22.3 Å². The van der Waals surface area contributed by atoms with Crippen LogP contribution < -0.4 is 10.9 Å². The van der Waals surface area contributed by atoms with Gasteiger partial charge in [-0.2, -0.15) is 0 Å². The van der Waals surface area contributed by atoms with Crippen molar-refractivity contribution in [1.82, 2.24) is 20.7 Å². The van der Waals surface area contributed by atoms with Crippen LogP contribution in [0.3, 0.4) is 0 Å². The largest absolute Gasteiger partial charge is 0.285 e. The van der Waals surface area contributed by atoms with Gasteiger partial charge in [-0.15, -0.1) is 23.4 Å². The van der Waals surface area contributed by atoms with Crippen molar-refractivity contribution in [1.29, 1.82) is 0 Å². The summed E-state index contributed by atoms with van der Waals surface area (Å²) in [5.41, 5.74) is 7.67. The molecule has 2 rings (SSSR count). The number of nitrogens with one attached hydrogen (secondary N) is 2. The fourth-order valence-corrected chi connectivity index (χ4v) is 6.34. The maximum absolute atomic E-state index is 12.5. The zero-order valence-electron chi connectivity index (χ0n) is 22.1. The van der Waals surface area contributed by atoms with Gasteiger partial charge in [0.15, 0.2) is 20.7 Å². The highest BCUT2D eigenvalue weighted by molar-refractivity contribution is 8.87. The minimum atomic E-state index is -0.223. The third-order valence-electron chi connectivity index (χ3n) is 4.53. The van der Waals surface area contributed by atoms with Crippen molar-refractivity contribution < 1.29 is 9.59 Å². The van der Waals surface area contributed by atoms with E-state index in [1.165, 1.54) is 45.1 Å². The Balaban J connectivity index is 2.15. The summed E-state index contributed by atoms with van der Waals surface area (Å²) in [6.07, 6.45) is 3.35. The molecule has 0 bridgehead atoms. The maximum atomic E-state index is 12.5. The Hall–Kier alpha value is -2.42. The molecule has 2 aliphatic rings. The summed E-state index contributed by atoms with van der Waals surface area (Å²) in [5, 5.41) is 10.6. The molecule has 0 spiro atoms. The number of carbonyl (C=O) groups excluding carboxylic acids is 2. The van der Waals surface area contributed by atoms with Crippen LogP contribution in [-0.4, -0.2) is 79.0 Å². The van der Waals surface area contributed by atoms with Gasteiger partial charge in [-0.25, -0.2) is 0 Å². The van der Waals surface area contributed by atoms with Gasteiger partial charge in [-0.3, -0.25) is 40.2 Å². The molecule has 2 saturated heterocycles. The van der Waals surface area contributed by atoms with Crippen molar-refractivity contribution in [2.24, 2.45) is 20.2 Å². The first kappa shape index (κ1) is 31.8. The summed E-state index contributed by atoms with van der Waals surface area (Å²) < 4.78 is 0. The van der Waals surface area contributed by atoms with Gasteiger partial charge in [-0.1, -0.05) is 60.0 Å². The van der Waals surface area contributed by atoms with Crippen molar-refractivity contribution in [2.45, 2.75) is 38.2 Å². The lowest BCUT2D eigenvalue weighted by Gasteiger charge is -2.16. The fourth-order valence-electron chi connectivity index (χ4n) is 2.90. The van der Waals surface area contributed by atoms with Crippen LogP contribution in [0.5, 0.6) is 0 Å². The first-order valence-electron chi connectivity index (χ1n) is 11.6. The predicted octanol–water partition coefficient (Wildman–Crippen LogP) is 4.25. The standard InChI is InChI=1S/C24H34N8O2S4/c1-9-11-25-21(27-29-23-31(13-15(3)4)19(33)17(7)35-23)37-38-22(26-12-10-2)28-30-24-32(14-16(5)6)20(34)18(8)36-24/h9-10,17-18H,1-3,5,11-14H2,4,6-8H3,(H,25,27)(H,26,28). The Labute approximate surface area is 241 Å². The van der Waals surface area contributed by atoms with Crippen LogP contribution in [0.15, 0.2) is 69.8 Å².